The van der Waals surface area contributed by atoms with Gasteiger partial charge in [-0.25, -0.2) is 4.79 Å². The van der Waals surface area contributed by atoms with E-state index < -0.39 is 11.8 Å². The van der Waals surface area contributed by atoms with Crippen molar-refractivity contribution in [1.82, 2.24) is 4.57 Å². The summed E-state index contributed by atoms with van der Waals surface area (Å²) in [6, 6.07) is 9.97. The van der Waals surface area contributed by atoms with Crippen LogP contribution in [0.3, 0.4) is 0 Å². The van der Waals surface area contributed by atoms with Crippen LogP contribution in [0.15, 0.2) is 36.5 Å². The van der Waals surface area contributed by atoms with Gasteiger partial charge in [-0.05, 0) is 23.9 Å². The molecule has 1 aromatic heterocycles. The van der Waals surface area contributed by atoms with Gasteiger partial charge in [0.15, 0.2) is 0 Å². The van der Waals surface area contributed by atoms with E-state index >= 15 is 0 Å². The van der Waals surface area contributed by atoms with E-state index in [4.69, 9.17) is 5.11 Å². The predicted molar refractivity (Wildman–Crippen MR) is 63.8 cm³/mol. The normalized spacial score (nSPS) is 10.6. The van der Waals surface area contributed by atoms with E-state index in [1.54, 1.807) is 0 Å². The van der Waals surface area contributed by atoms with Crippen LogP contribution in [0.25, 0.3) is 10.9 Å². The van der Waals surface area contributed by atoms with Crippen molar-refractivity contribution in [3.05, 3.63) is 36.5 Å². The first-order chi connectivity index (χ1) is 8.18. The highest BCUT2D eigenvalue weighted by atomic mass is 16.4. The molecule has 0 saturated carbocycles. The van der Waals surface area contributed by atoms with Gasteiger partial charge in [0.1, 0.15) is 0 Å². The van der Waals surface area contributed by atoms with Crippen LogP contribution >= 0.6 is 0 Å². The van der Waals surface area contributed by atoms with Crippen molar-refractivity contribution in [2.24, 2.45) is 0 Å². The Morgan fingerprint density at radius 2 is 1.94 bits per heavy atom. The van der Waals surface area contributed by atoms with Crippen LogP contribution in [0.2, 0.25) is 0 Å². The highest BCUT2D eigenvalue weighted by Crippen LogP contribution is 2.15. The number of carboxylic acids is 1. The maximum atomic E-state index is 10.9. The lowest BCUT2D eigenvalue weighted by atomic mass is 10.2. The van der Waals surface area contributed by atoms with Gasteiger partial charge < -0.3 is 9.67 Å². The van der Waals surface area contributed by atoms with Crippen molar-refractivity contribution < 1.29 is 14.7 Å². The summed E-state index contributed by atoms with van der Waals surface area (Å²) in [5.41, 5.74) is 1.11. The lowest BCUT2D eigenvalue weighted by molar-refractivity contribution is -0.149. The Labute approximate surface area is 98.5 Å². The first-order valence-electron chi connectivity index (χ1n) is 5.48. The molecule has 0 unspecified atom stereocenters. The first-order valence-corrected chi connectivity index (χ1v) is 5.48. The van der Waals surface area contributed by atoms with Crippen LogP contribution in [-0.2, 0) is 16.1 Å². The molecule has 0 aliphatic rings. The van der Waals surface area contributed by atoms with Gasteiger partial charge in [-0.3, -0.25) is 4.79 Å². The molecule has 88 valence electrons. The standard InChI is InChI=1S/C13H13NO3/c15-12(13(16)17)6-3-8-14-9-7-10-4-1-2-5-11(10)14/h1-2,4-5,7,9H,3,6,8H2,(H,16,17). The lowest BCUT2D eigenvalue weighted by Gasteiger charge is -2.03. The number of carboxylic acid groups (broad SMARTS) is 1. The first kappa shape index (κ1) is 11.4. The highest BCUT2D eigenvalue weighted by Gasteiger charge is 2.10. The summed E-state index contributed by atoms with van der Waals surface area (Å²) < 4.78 is 2.03. The second kappa shape index (κ2) is 4.82. The SMILES string of the molecule is O=C(O)C(=O)CCCn1ccc2ccccc21. The molecule has 2 rings (SSSR count). The number of carbonyl (C=O) groups is 2. The fraction of sp³-hybridized carbons (Fsp3) is 0.231. The number of benzene rings is 1. The number of fused-ring (bicyclic) bond motifs is 1. The van der Waals surface area contributed by atoms with E-state index in [-0.39, 0.29) is 6.42 Å². The zero-order valence-electron chi connectivity index (χ0n) is 9.30. The van der Waals surface area contributed by atoms with E-state index in [0.29, 0.717) is 13.0 Å². The van der Waals surface area contributed by atoms with E-state index in [0.717, 1.165) is 10.9 Å². The topological polar surface area (TPSA) is 59.3 Å². The van der Waals surface area contributed by atoms with Crippen LogP contribution in [-0.4, -0.2) is 21.4 Å². The third kappa shape index (κ3) is 2.53. The van der Waals surface area contributed by atoms with Crippen molar-refractivity contribution in [2.75, 3.05) is 0 Å². The van der Waals surface area contributed by atoms with Gasteiger partial charge in [-0.1, -0.05) is 18.2 Å². The molecule has 0 fully saturated rings. The zero-order valence-corrected chi connectivity index (χ0v) is 9.30. The van der Waals surface area contributed by atoms with Gasteiger partial charge in [-0.2, -0.15) is 0 Å². The Bertz CT molecular complexity index is 557. The second-order valence-electron chi connectivity index (χ2n) is 3.90. The Hall–Kier alpha value is -2.10. The lowest BCUT2D eigenvalue weighted by Crippen LogP contribution is -2.12. The second-order valence-corrected chi connectivity index (χ2v) is 3.90. The summed E-state index contributed by atoms with van der Waals surface area (Å²) in [6.45, 7) is 0.659. The predicted octanol–water partition coefficient (Wildman–Crippen LogP) is 2.08. The summed E-state index contributed by atoms with van der Waals surface area (Å²) >= 11 is 0. The zero-order chi connectivity index (χ0) is 12.3. The molecule has 4 heteroatoms. The van der Waals surface area contributed by atoms with Crippen molar-refractivity contribution in [3.8, 4) is 0 Å². The van der Waals surface area contributed by atoms with Crippen molar-refractivity contribution in [2.45, 2.75) is 19.4 Å². The van der Waals surface area contributed by atoms with Gasteiger partial charge in [0, 0.05) is 24.7 Å². The van der Waals surface area contributed by atoms with Gasteiger partial charge in [-0.15, -0.1) is 0 Å². The number of rotatable bonds is 5. The summed E-state index contributed by atoms with van der Waals surface area (Å²) in [5.74, 6) is -2.07. The smallest absolute Gasteiger partial charge is 0.372 e. The molecule has 0 bridgehead atoms. The maximum absolute atomic E-state index is 10.9. The number of ketones is 1. The summed E-state index contributed by atoms with van der Waals surface area (Å²) in [7, 11) is 0. The van der Waals surface area contributed by atoms with Crippen LogP contribution in [0.1, 0.15) is 12.8 Å². The molecule has 0 radical (unpaired) electrons. The molecule has 0 atom stereocenters. The molecular weight excluding hydrogens is 218 g/mol. The van der Waals surface area contributed by atoms with Crippen molar-refractivity contribution in [3.63, 3.8) is 0 Å². The quantitative estimate of drug-likeness (QED) is 0.801. The van der Waals surface area contributed by atoms with Gasteiger partial charge >= 0.3 is 5.97 Å². The third-order valence-corrected chi connectivity index (χ3v) is 2.72. The highest BCUT2D eigenvalue weighted by molar-refractivity contribution is 6.32. The number of aromatic nitrogens is 1. The van der Waals surface area contributed by atoms with E-state index in [1.165, 1.54) is 0 Å². The molecule has 0 aliphatic heterocycles. The average molecular weight is 231 g/mol. The number of hydrogen-bond donors (Lipinski definition) is 1. The minimum Gasteiger partial charge on any atom is -0.476 e. The molecule has 2 aromatic rings. The molecule has 17 heavy (non-hydrogen) atoms. The number of hydrogen-bond acceptors (Lipinski definition) is 2. The minimum atomic E-state index is -1.35. The van der Waals surface area contributed by atoms with Crippen LogP contribution < -0.4 is 0 Å². The Morgan fingerprint density at radius 1 is 1.18 bits per heavy atom. The largest absolute Gasteiger partial charge is 0.476 e. The summed E-state index contributed by atoms with van der Waals surface area (Å²) in [5, 5.41) is 9.60. The number of aryl methyl sites for hydroxylation is 1. The average Bonchev–Trinajstić information content (AvgIpc) is 2.72. The van der Waals surface area contributed by atoms with E-state index in [9.17, 15) is 9.59 Å². The van der Waals surface area contributed by atoms with Gasteiger partial charge in [0.05, 0.1) is 0 Å². The molecule has 0 spiro atoms. The number of carbonyl (C=O) groups excluding carboxylic acids is 1. The van der Waals surface area contributed by atoms with Crippen molar-refractivity contribution in [1.29, 1.82) is 0 Å². The number of para-hydroxylation sites is 1. The van der Waals surface area contributed by atoms with Gasteiger partial charge in [0.25, 0.3) is 0 Å². The fourth-order valence-electron chi connectivity index (χ4n) is 1.85. The monoisotopic (exact) mass is 231 g/mol. The molecule has 0 saturated heterocycles. The summed E-state index contributed by atoms with van der Waals surface area (Å²) in [6.07, 6.45) is 2.58. The molecule has 4 nitrogen and oxygen atoms in total. The minimum absolute atomic E-state index is 0.0852. The maximum Gasteiger partial charge on any atom is 0.372 e. The Kier molecular flexibility index (Phi) is 3.23. The summed E-state index contributed by atoms with van der Waals surface area (Å²) in [4.78, 5) is 21.3. The Morgan fingerprint density at radius 3 is 2.71 bits per heavy atom. The molecule has 0 aliphatic carbocycles. The number of aliphatic carboxylic acids is 1. The fourth-order valence-corrected chi connectivity index (χ4v) is 1.85. The van der Waals surface area contributed by atoms with Crippen LogP contribution in [0, 0.1) is 0 Å². The molecule has 1 heterocycles. The Balaban J connectivity index is 2.00. The molecule has 0 amide bonds. The van der Waals surface area contributed by atoms with Gasteiger partial charge in [0.2, 0.25) is 5.78 Å². The van der Waals surface area contributed by atoms with Crippen LogP contribution in [0.5, 0.6) is 0 Å². The third-order valence-electron chi connectivity index (χ3n) is 2.72. The van der Waals surface area contributed by atoms with E-state index in [2.05, 4.69) is 0 Å². The van der Waals surface area contributed by atoms with Crippen LogP contribution in [0.4, 0.5) is 0 Å². The van der Waals surface area contributed by atoms with Crippen molar-refractivity contribution >= 4 is 22.7 Å². The van der Waals surface area contributed by atoms with E-state index in [1.807, 2.05) is 41.1 Å². The number of nitrogens with zero attached hydrogens (tertiary/aromatic N) is 1. The molecule has 1 N–H and O–H groups in total. The molecule has 1 aromatic carbocycles. The number of Topliss-reactive ketones (excluding diaryl/α,β-unsaturated/α-hetero) is 1. The molecular formula is C13H13NO3.